The van der Waals surface area contributed by atoms with Gasteiger partial charge in [-0.05, 0) is 37.6 Å². The maximum absolute atomic E-state index is 13.7. The first-order chi connectivity index (χ1) is 13.5. The van der Waals surface area contributed by atoms with Gasteiger partial charge in [0.05, 0.1) is 10.5 Å². The van der Waals surface area contributed by atoms with Crippen molar-refractivity contribution in [3.8, 4) is 5.75 Å². The lowest BCUT2D eigenvalue weighted by Gasteiger charge is -2.18. The van der Waals surface area contributed by atoms with Gasteiger partial charge in [-0.25, -0.2) is 4.39 Å². The number of halogens is 1. The van der Waals surface area contributed by atoms with Crippen LogP contribution in [0, 0.1) is 12.7 Å². The molecular formula is C21H20FN3O2S. The molecule has 3 aromatic rings. The summed E-state index contributed by atoms with van der Waals surface area (Å²) in [5.74, 6) is 0.925. The first-order valence-electron chi connectivity index (χ1n) is 9.00. The van der Waals surface area contributed by atoms with Crippen LogP contribution in [-0.4, -0.2) is 21.4 Å². The predicted molar refractivity (Wildman–Crippen MR) is 108 cm³/mol. The second-order valence-corrected chi connectivity index (χ2v) is 8.16. The van der Waals surface area contributed by atoms with E-state index in [1.807, 2.05) is 38.1 Å². The molecule has 0 aliphatic carbocycles. The number of nitrogens with zero attached hydrogens (tertiary/aromatic N) is 1. The number of H-pyrrole nitrogens is 1. The first kappa shape index (κ1) is 18.6. The van der Waals surface area contributed by atoms with Crippen molar-refractivity contribution in [2.45, 2.75) is 31.0 Å². The zero-order valence-electron chi connectivity index (χ0n) is 15.5. The number of amides is 1. The summed E-state index contributed by atoms with van der Waals surface area (Å²) in [6.45, 7) is 4.02. The number of ether oxygens (including phenoxy) is 1. The number of thioether (sulfide) groups is 1. The number of benzene rings is 2. The smallest absolute Gasteiger partial charge is 0.238 e. The summed E-state index contributed by atoms with van der Waals surface area (Å²) in [7, 11) is 0. The highest BCUT2D eigenvalue weighted by molar-refractivity contribution is 8.01. The average Bonchev–Trinajstić information content (AvgIpc) is 2.99. The summed E-state index contributed by atoms with van der Waals surface area (Å²) in [5, 5.41) is 9.86. The average molecular weight is 397 g/mol. The summed E-state index contributed by atoms with van der Waals surface area (Å²) in [4.78, 5) is 12.2. The van der Waals surface area contributed by atoms with Gasteiger partial charge in [0.15, 0.2) is 5.82 Å². The summed E-state index contributed by atoms with van der Waals surface area (Å²) in [6.07, 6.45) is 0. The number of aromatic nitrogens is 2. The van der Waals surface area contributed by atoms with Gasteiger partial charge in [0.1, 0.15) is 18.2 Å². The zero-order valence-corrected chi connectivity index (χ0v) is 16.3. The van der Waals surface area contributed by atoms with Gasteiger partial charge in [-0.1, -0.05) is 30.3 Å². The van der Waals surface area contributed by atoms with Crippen LogP contribution in [0.4, 0.5) is 10.2 Å². The lowest BCUT2D eigenvalue weighted by Crippen LogP contribution is -2.21. The van der Waals surface area contributed by atoms with Crippen LogP contribution in [0.2, 0.25) is 0 Å². The first-order valence-corrected chi connectivity index (χ1v) is 9.94. The van der Waals surface area contributed by atoms with E-state index in [4.69, 9.17) is 4.74 Å². The summed E-state index contributed by atoms with van der Waals surface area (Å²) in [6, 6.07) is 14.3. The minimum Gasteiger partial charge on any atom is -0.489 e. The van der Waals surface area contributed by atoms with E-state index in [2.05, 4.69) is 15.5 Å². The highest BCUT2D eigenvalue weighted by Crippen LogP contribution is 2.44. The molecule has 28 heavy (non-hydrogen) atoms. The number of aromatic amines is 1. The van der Waals surface area contributed by atoms with E-state index in [0.29, 0.717) is 17.1 Å². The Morgan fingerprint density at radius 3 is 2.68 bits per heavy atom. The third kappa shape index (κ3) is 3.62. The summed E-state index contributed by atoms with van der Waals surface area (Å²) in [5.41, 5.74) is 3.49. The molecule has 2 heterocycles. The molecule has 0 saturated heterocycles. The molecule has 0 spiro atoms. The quantitative estimate of drug-likeness (QED) is 0.675. The Morgan fingerprint density at radius 1 is 1.18 bits per heavy atom. The van der Waals surface area contributed by atoms with Crippen molar-refractivity contribution < 1.29 is 13.9 Å². The highest BCUT2D eigenvalue weighted by Gasteiger charge is 2.32. The fourth-order valence-corrected chi connectivity index (χ4v) is 4.50. The SMILES string of the molecule is Cc1[nH]nc2c1[C@@H](c1ccc(OCc3ccccc3F)cc1)S[C@H](C)C(=O)N2. The Balaban J connectivity index is 1.55. The molecule has 5 nitrogen and oxygen atoms in total. The van der Waals surface area contributed by atoms with Crippen LogP contribution in [0.25, 0.3) is 0 Å². The number of aryl methyl sites for hydroxylation is 1. The van der Waals surface area contributed by atoms with Crippen LogP contribution < -0.4 is 10.1 Å². The Bertz CT molecular complexity index is 1000. The maximum Gasteiger partial charge on any atom is 0.238 e. The van der Waals surface area contributed by atoms with Crippen molar-refractivity contribution in [3.05, 3.63) is 76.7 Å². The number of fused-ring (bicyclic) bond motifs is 1. The predicted octanol–water partition coefficient (Wildman–Crippen LogP) is 4.60. The van der Waals surface area contributed by atoms with E-state index < -0.39 is 0 Å². The number of rotatable bonds is 4. The molecule has 1 amide bonds. The molecule has 4 rings (SSSR count). The molecule has 2 N–H and O–H groups in total. The molecular weight excluding hydrogens is 377 g/mol. The van der Waals surface area contributed by atoms with Crippen molar-refractivity contribution in [2.75, 3.05) is 5.32 Å². The van der Waals surface area contributed by atoms with Gasteiger partial charge in [0.25, 0.3) is 0 Å². The Hall–Kier alpha value is -2.80. The van der Waals surface area contributed by atoms with E-state index in [9.17, 15) is 9.18 Å². The van der Waals surface area contributed by atoms with Crippen LogP contribution in [0.15, 0.2) is 48.5 Å². The number of nitrogens with one attached hydrogen (secondary N) is 2. The Labute approximate surface area is 166 Å². The maximum atomic E-state index is 13.7. The highest BCUT2D eigenvalue weighted by atomic mass is 32.2. The number of hydrogen-bond acceptors (Lipinski definition) is 4. The fourth-order valence-electron chi connectivity index (χ4n) is 3.17. The van der Waals surface area contributed by atoms with E-state index in [-0.39, 0.29) is 28.8 Å². The molecule has 2 aromatic carbocycles. The molecule has 0 fully saturated rings. The van der Waals surface area contributed by atoms with Crippen molar-refractivity contribution in [1.82, 2.24) is 10.2 Å². The standard InChI is InChI=1S/C21H20FN3O2S/c1-12-18-19(28-13(2)21(26)23-20(18)25-24-12)14-7-9-16(10-8-14)27-11-15-5-3-4-6-17(15)22/h3-10,13,19H,11H2,1-2H3,(H2,23,24,25,26)/t13-,19-/m1/s1. The molecule has 144 valence electrons. The number of carbonyl (C=O) groups is 1. The van der Waals surface area contributed by atoms with Crippen molar-refractivity contribution in [2.24, 2.45) is 0 Å². The molecule has 0 bridgehead atoms. The topological polar surface area (TPSA) is 67.0 Å². The Morgan fingerprint density at radius 2 is 1.93 bits per heavy atom. The summed E-state index contributed by atoms with van der Waals surface area (Å²) < 4.78 is 19.5. The second kappa shape index (κ2) is 7.67. The van der Waals surface area contributed by atoms with Crippen LogP contribution in [-0.2, 0) is 11.4 Å². The Kier molecular flexibility index (Phi) is 5.09. The van der Waals surface area contributed by atoms with Crippen LogP contribution in [0.5, 0.6) is 5.75 Å². The molecule has 1 aliphatic heterocycles. The van der Waals surface area contributed by atoms with E-state index >= 15 is 0 Å². The second-order valence-electron chi connectivity index (χ2n) is 6.71. The number of carbonyl (C=O) groups excluding carboxylic acids is 1. The van der Waals surface area contributed by atoms with Gasteiger partial charge in [0.2, 0.25) is 5.91 Å². The van der Waals surface area contributed by atoms with Gasteiger partial charge < -0.3 is 10.1 Å². The molecule has 0 saturated carbocycles. The van der Waals surface area contributed by atoms with Crippen LogP contribution >= 0.6 is 11.8 Å². The lowest BCUT2D eigenvalue weighted by atomic mass is 10.0. The molecule has 1 aliphatic rings. The molecule has 2 atom stereocenters. The van der Waals surface area contributed by atoms with Gasteiger partial charge in [-0.15, -0.1) is 11.8 Å². The van der Waals surface area contributed by atoms with Crippen molar-refractivity contribution in [3.63, 3.8) is 0 Å². The van der Waals surface area contributed by atoms with Crippen molar-refractivity contribution >= 4 is 23.5 Å². The molecule has 7 heteroatoms. The van der Waals surface area contributed by atoms with Gasteiger partial charge in [-0.3, -0.25) is 9.89 Å². The van der Waals surface area contributed by atoms with Gasteiger partial charge in [0, 0.05) is 16.8 Å². The minimum absolute atomic E-state index is 0.0247. The van der Waals surface area contributed by atoms with Crippen molar-refractivity contribution in [1.29, 1.82) is 0 Å². The minimum atomic E-state index is -0.275. The van der Waals surface area contributed by atoms with E-state index in [0.717, 1.165) is 16.8 Å². The van der Waals surface area contributed by atoms with E-state index in [1.165, 1.54) is 6.07 Å². The third-order valence-corrected chi connectivity index (χ3v) is 6.15. The van der Waals surface area contributed by atoms with Gasteiger partial charge in [-0.2, -0.15) is 5.10 Å². The molecule has 0 unspecified atom stereocenters. The number of anilines is 1. The normalized spacial score (nSPS) is 18.9. The van der Waals surface area contributed by atoms with Gasteiger partial charge >= 0.3 is 0 Å². The third-order valence-electron chi connectivity index (χ3n) is 4.74. The molecule has 1 aromatic heterocycles. The monoisotopic (exact) mass is 397 g/mol. The zero-order chi connectivity index (χ0) is 19.7. The summed E-state index contributed by atoms with van der Waals surface area (Å²) >= 11 is 1.59. The molecule has 0 radical (unpaired) electrons. The largest absolute Gasteiger partial charge is 0.489 e. The van der Waals surface area contributed by atoms with E-state index in [1.54, 1.807) is 30.0 Å². The van der Waals surface area contributed by atoms with Crippen LogP contribution in [0.1, 0.15) is 34.6 Å². The number of hydrogen-bond donors (Lipinski definition) is 2. The fraction of sp³-hybridized carbons (Fsp3) is 0.238. The van der Waals surface area contributed by atoms with Crippen LogP contribution in [0.3, 0.4) is 0 Å². The lowest BCUT2D eigenvalue weighted by molar-refractivity contribution is -0.115.